The van der Waals surface area contributed by atoms with Gasteiger partial charge in [0.15, 0.2) is 5.82 Å². The first kappa shape index (κ1) is 28.2. The molecule has 0 fully saturated rings. The molecule has 4 heterocycles. The van der Waals surface area contributed by atoms with Crippen LogP contribution in [0.4, 0.5) is 0 Å². The van der Waals surface area contributed by atoms with Gasteiger partial charge in [0, 0.05) is 55.6 Å². The summed E-state index contributed by atoms with van der Waals surface area (Å²) in [7, 11) is 0. The average Bonchev–Trinajstić information content (AvgIpc) is 3.77. The van der Waals surface area contributed by atoms with Crippen LogP contribution in [0.25, 0.3) is 100 Å². The molecule has 0 saturated heterocycles. The van der Waals surface area contributed by atoms with Crippen molar-refractivity contribution in [3.8, 4) is 56.3 Å². The van der Waals surface area contributed by atoms with Crippen LogP contribution in [0.5, 0.6) is 0 Å². The van der Waals surface area contributed by atoms with E-state index >= 15 is 0 Å². The fraction of sp³-hybridized carbons (Fsp3) is 0. The second-order valence-corrected chi connectivity index (χ2v) is 12.4. The summed E-state index contributed by atoms with van der Waals surface area (Å²) < 4.78 is 12.8. The minimum atomic E-state index is 0.622. The van der Waals surface area contributed by atoms with Crippen LogP contribution in [0.1, 0.15) is 0 Å². The minimum absolute atomic E-state index is 0.622. The smallest absolute Gasteiger partial charge is 0.161 e. The molecule has 0 saturated carbocycles. The van der Waals surface area contributed by atoms with Gasteiger partial charge in [0.1, 0.15) is 22.3 Å². The van der Waals surface area contributed by atoms with E-state index in [1.165, 1.54) is 0 Å². The van der Waals surface area contributed by atoms with Crippen LogP contribution >= 0.6 is 0 Å². The predicted octanol–water partition coefficient (Wildman–Crippen LogP) is 12.0. The second kappa shape index (κ2) is 11.4. The maximum absolute atomic E-state index is 6.70. The molecule has 6 aromatic carbocycles. The number of pyridine rings is 1. The summed E-state index contributed by atoms with van der Waals surface area (Å²) in [5, 5.41) is 4.15. The highest BCUT2D eigenvalue weighted by Gasteiger charge is 2.21. The number of benzene rings is 6. The highest BCUT2D eigenvalue weighted by atomic mass is 16.3. The second-order valence-electron chi connectivity index (χ2n) is 12.4. The molecule has 0 unspecified atom stereocenters. The van der Waals surface area contributed by atoms with Gasteiger partial charge in [-0.05, 0) is 60.2 Å². The van der Waals surface area contributed by atoms with Crippen molar-refractivity contribution in [3.05, 3.63) is 164 Å². The molecule has 0 aliphatic rings. The Hall–Kier alpha value is -6.85. The summed E-state index contributed by atoms with van der Waals surface area (Å²) in [4.78, 5) is 15.2. The van der Waals surface area contributed by atoms with Gasteiger partial charge >= 0.3 is 0 Å². The van der Waals surface area contributed by atoms with Crippen molar-refractivity contribution < 1.29 is 8.83 Å². The van der Waals surface area contributed by atoms with Gasteiger partial charge in [-0.15, -0.1) is 0 Å². The number of hydrogen-bond donors (Lipinski definition) is 0. The molecule has 0 aliphatic heterocycles. The largest absolute Gasteiger partial charge is 0.456 e. The van der Waals surface area contributed by atoms with Gasteiger partial charge in [0.25, 0.3) is 0 Å². The molecule has 234 valence electrons. The zero-order valence-corrected chi connectivity index (χ0v) is 26.7. The Morgan fingerprint density at radius 1 is 0.380 bits per heavy atom. The molecule has 10 aromatic rings. The summed E-state index contributed by atoms with van der Waals surface area (Å²) in [5.74, 6) is 0.622. The van der Waals surface area contributed by atoms with E-state index in [2.05, 4.69) is 71.7 Å². The van der Waals surface area contributed by atoms with Crippen LogP contribution in [-0.2, 0) is 0 Å². The Morgan fingerprint density at radius 2 is 1.04 bits per heavy atom. The maximum Gasteiger partial charge on any atom is 0.161 e. The van der Waals surface area contributed by atoms with E-state index in [-0.39, 0.29) is 0 Å². The predicted molar refractivity (Wildman–Crippen MR) is 202 cm³/mol. The SMILES string of the molecule is c1ccc(-c2cc(-c3ccccc3-c3ccccn3)nc(-c3ccc(-c4ccc5oc6ccccc6c5c4)c4oc5ccccc5c34)n2)cc1. The van der Waals surface area contributed by atoms with Crippen LogP contribution in [-0.4, -0.2) is 15.0 Å². The highest BCUT2D eigenvalue weighted by Crippen LogP contribution is 2.43. The molecule has 5 nitrogen and oxygen atoms in total. The van der Waals surface area contributed by atoms with E-state index < -0.39 is 0 Å². The third-order valence-electron chi connectivity index (χ3n) is 9.39. The molecule has 0 amide bonds. The van der Waals surface area contributed by atoms with Crippen molar-refractivity contribution >= 4 is 43.9 Å². The van der Waals surface area contributed by atoms with Crippen LogP contribution in [0.15, 0.2) is 173 Å². The van der Waals surface area contributed by atoms with Crippen molar-refractivity contribution in [3.63, 3.8) is 0 Å². The van der Waals surface area contributed by atoms with Crippen LogP contribution in [0, 0.1) is 0 Å². The number of fused-ring (bicyclic) bond motifs is 6. The molecule has 50 heavy (non-hydrogen) atoms. The van der Waals surface area contributed by atoms with E-state index in [1.807, 2.05) is 97.2 Å². The summed E-state index contributed by atoms with van der Waals surface area (Å²) in [6.45, 7) is 0. The van der Waals surface area contributed by atoms with Gasteiger partial charge in [0.05, 0.1) is 17.1 Å². The fourth-order valence-corrected chi connectivity index (χ4v) is 7.05. The third kappa shape index (κ3) is 4.60. The summed E-state index contributed by atoms with van der Waals surface area (Å²) in [5.41, 5.74) is 11.8. The lowest BCUT2D eigenvalue weighted by Crippen LogP contribution is -1.98. The molecule has 4 aromatic heterocycles. The normalized spacial score (nSPS) is 11.6. The van der Waals surface area contributed by atoms with Crippen LogP contribution in [0.2, 0.25) is 0 Å². The standard InChI is InChI=1S/C45H27N3O2/c1-2-12-28(13-3-1)38-27-39(32-15-5-4-14-31(32)37-18-10-11-25-46-37)48-45(47-38)35-23-22-30(44-43(35)34-17-7-9-20-41(34)50-44)29-21-24-42-36(26-29)33-16-6-8-19-40(33)49-42/h1-27H. The molecule has 5 heteroatoms. The zero-order chi connectivity index (χ0) is 33.0. The quantitative estimate of drug-likeness (QED) is 0.187. The van der Waals surface area contributed by atoms with Gasteiger partial charge in [-0.1, -0.05) is 103 Å². The molecule has 0 N–H and O–H groups in total. The molecular weight excluding hydrogens is 615 g/mol. The van der Waals surface area contributed by atoms with Gasteiger partial charge in [-0.3, -0.25) is 4.98 Å². The number of furan rings is 2. The molecule has 0 atom stereocenters. The number of para-hydroxylation sites is 2. The first-order chi connectivity index (χ1) is 24.8. The number of rotatable bonds is 5. The van der Waals surface area contributed by atoms with E-state index in [4.69, 9.17) is 18.8 Å². The third-order valence-corrected chi connectivity index (χ3v) is 9.39. The molecule has 0 spiro atoms. The Labute approximate surface area is 287 Å². The average molecular weight is 642 g/mol. The monoisotopic (exact) mass is 641 g/mol. The summed E-state index contributed by atoms with van der Waals surface area (Å²) >= 11 is 0. The lowest BCUT2D eigenvalue weighted by Gasteiger charge is -2.13. The maximum atomic E-state index is 6.70. The van der Waals surface area contributed by atoms with E-state index in [0.29, 0.717) is 5.82 Å². The van der Waals surface area contributed by atoms with Gasteiger partial charge in [0.2, 0.25) is 0 Å². The van der Waals surface area contributed by atoms with E-state index in [1.54, 1.807) is 0 Å². The number of nitrogens with zero attached hydrogens (tertiary/aromatic N) is 3. The highest BCUT2D eigenvalue weighted by molar-refractivity contribution is 6.16. The first-order valence-electron chi connectivity index (χ1n) is 16.6. The molecule has 0 bridgehead atoms. The number of hydrogen-bond acceptors (Lipinski definition) is 5. The number of aromatic nitrogens is 3. The van der Waals surface area contributed by atoms with Crippen molar-refractivity contribution in [1.29, 1.82) is 0 Å². The lowest BCUT2D eigenvalue weighted by molar-refractivity contribution is 0.668. The molecule has 0 radical (unpaired) electrons. The molecule has 0 aliphatic carbocycles. The summed E-state index contributed by atoms with van der Waals surface area (Å²) in [6.07, 6.45) is 1.82. The van der Waals surface area contributed by atoms with E-state index in [0.717, 1.165) is 94.3 Å². The van der Waals surface area contributed by atoms with Crippen molar-refractivity contribution in [2.45, 2.75) is 0 Å². The van der Waals surface area contributed by atoms with Gasteiger partial charge in [-0.2, -0.15) is 0 Å². The lowest BCUT2D eigenvalue weighted by atomic mass is 9.96. The Balaban J connectivity index is 1.23. The van der Waals surface area contributed by atoms with E-state index in [9.17, 15) is 0 Å². The van der Waals surface area contributed by atoms with Crippen molar-refractivity contribution in [1.82, 2.24) is 15.0 Å². The van der Waals surface area contributed by atoms with Gasteiger partial charge in [-0.25, -0.2) is 9.97 Å². The Kier molecular flexibility index (Phi) is 6.42. The van der Waals surface area contributed by atoms with Gasteiger partial charge < -0.3 is 8.83 Å². The van der Waals surface area contributed by atoms with Crippen molar-refractivity contribution in [2.24, 2.45) is 0 Å². The first-order valence-corrected chi connectivity index (χ1v) is 16.6. The topological polar surface area (TPSA) is 65.0 Å². The van der Waals surface area contributed by atoms with Crippen LogP contribution in [0.3, 0.4) is 0 Å². The van der Waals surface area contributed by atoms with Crippen molar-refractivity contribution in [2.75, 3.05) is 0 Å². The zero-order valence-electron chi connectivity index (χ0n) is 26.7. The molecule has 10 rings (SSSR count). The van der Waals surface area contributed by atoms with Crippen LogP contribution < -0.4 is 0 Å². The summed E-state index contributed by atoms with van der Waals surface area (Å²) in [6, 6.07) is 53.5. The Bertz CT molecular complexity index is 2870. The minimum Gasteiger partial charge on any atom is -0.456 e. The fourth-order valence-electron chi connectivity index (χ4n) is 7.05. The Morgan fingerprint density at radius 3 is 1.86 bits per heavy atom. The molecular formula is C45H27N3O2.